The lowest BCUT2D eigenvalue weighted by Gasteiger charge is -2.07. The minimum Gasteiger partial charge on any atom is -0.395 e. The summed E-state index contributed by atoms with van der Waals surface area (Å²) >= 11 is 0. The first-order valence-corrected chi connectivity index (χ1v) is 5.22. The number of rotatable bonds is 1. The van der Waals surface area contributed by atoms with Crippen LogP contribution in [0, 0.1) is 11.6 Å². The maximum atomic E-state index is 13.4. The summed E-state index contributed by atoms with van der Waals surface area (Å²) in [7, 11) is 0. The highest BCUT2D eigenvalue weighted by Gasteiger charge is 2.13. The highest BCUT2D eigenvalue weighted by atomic mass is 19.1. The zero-order chi connectivity index (χ0) is 12.7. The van der Waals surface area contributed by atoms with E-state index < -0.39 is 11.6 Å². The number of halogens is 2. The minimum atomic E-state index is -0.815. The third kappa shape index (κ3) is 1.50. The van der Waals surface area contributed by atoms with Crippen LogP contribution in [0.15, 0.2) is 36.4 Å². The molecule has 0 aliphatic rings. The molecule has 18 heavy (non-hydrogen) atoms. The molecule has 0 aliphatic heterocycles. The average molecular weight is 246 g/mol. The Hall–Kier alpha value is -2.50. The second kappa shape index (κ2) is 3.76. The van der Waals surface area contributed by atoms with E-state index in [9.17, 15) is 8.78 Å². The summed E-state index contributed by atoms with van der Waals surface area (Å²) in [5.41, 5.74) is 6.84. The number of nitrogen functional groups attached to an aromatic ring is 1. The summed E-state index contributed by atoms with van der Waals surface area (Å²) in [5, 5.41) is 7.77. The summed E-state index contributed by atoms with van der Waals surface area (Å²) in [5.74, 6) is -1.53. The van der Waals surface area contributed by atoms with Gasteiger partial charge < -0.3 is 5.73 Å². The van der Waals surface area contributed by atoms with Gasteiger partial charge in [-0.25, -0.2) is 13.5 Å². The van der Waals surface area contributed by atoms with E-state index in [2.05, 4.69) is 10.3 Å². The van der Waals surface area contributed by atoms with E-state index in [1.54, 1.807) is 24.3 Å². The smallest absolute Gasteiger partial charge is 0.151 e. The predicted molar refractivity (Wildman–Crippen MR) is 63.2 cm³/mol. The SMILES string of the molecule is Nc1c(F)cc(F)cc1-n1nnc2ccccc21. The van der Waals surface area contributed by atoms with E-state index in [0.29, 0.717) is 11.0 Å². The van der Waals surface area contributed by atoms with Gasteiger partial charge in [0, 0.05) is 12.1 Å². The molecule has 90 valence electrons. The predicted octanol–water partition coefficient (Wildman–Crippen LogP) is 2.28. The molecule has 1 aromatic heterocycles. The van der Waals surface area contributed by atoms with Crippen molar-refractivity contribution < 1.29 is 8.78 Å². The Bertz CT molecular complexity index is 736. The molecule has 4 nitrogen and oxygen atoms in total. The number of aromatic nitrogens is 3. The average Bonchev–Trinajstić information content (AvgIpc) is 2.77. The number of benzene rings is 2. The van der Waals surface area contributed by atoms with Crippen LogP contribution in [0.2, 0.25) is 0 Å². The standard InChI is InChI=1S/C12H8F2N4/c13-7-5-8(14)12(15)11(6-7)18-10-4-2-1-3-9(10)16-17-18/h1-6H,15H2. The monoisotopic (exact) mass is 246 g/mol. The normalized spacial score (nSPS) is 11.0. The van der Waals surface area contributed by atoms with Crippen molar-refractivity contribution in [1.29, 1.82) is 0 Å². The van der Waals surface area contributed by atoms with Crippen LogP contribution in [0.4, 0.5) is 14.5 Å². The van der Waals surface area contributed by atoms with E-state index in [0.717, 1.165) is 12.1 Å². The summed E-state index contributed by atoms with van der Waals surface area (Å²) in [6.45, 7) is 0. The lowest BCUT2D eigenvalue weighted by Crippen LogP contribution is -2.04. The number of hydrogen-bond acceptors (Lipinski definition) is 3. The number of nitrogens with two attached hydrogens (primary N) is 1. The van der Waals surface area contributed by atoms with Gasteiger partial charge in [-0.3, -0.25) is 0 Å². The fourth-order valence-corrected chi connectivity index (χ4v) is 1.79. The Morgan fingerprint density at radius 2 is 1.89 bits per heavy atom. The molecule has 0 radical (unpaired) electrons. The molecule has 1 heterocycles. The number of hydrogen-bond donors (Lipinski definition) is 1. The van der Waals surface area contributed by atoms with E-state index in [1.165, 1.54) is 4.68 Å². The van der Waals surface area contributed by atoms with Gasteiger partial charge in [-0.05, 0) is 12.1 Å². The van der Waals surface area contributed by atoms with Crippen molar-refractivity contribution in [2.75, 3.05) is 5.73 Å². The number of anilines is 1. The fraction of sp³-hybridized carbons (Fsp3) is 0. The molecule has 3 rings (SSSR count). The molecule has 0 spiro atoms. The maximum Gasteiger partial charge on any atom is 0.151 e. The third-order valence-electron chi connectivity index (χ3n) is 2.65. The maximum absolute atomic E-state index is 13.4. The van der Waals surface area contributed by atoms with Crippen molar-refractivity contribution in [3.63, 3.8) is 0 Å². The van der Waals surface area contributed by atoms with Crippen molar-refractivity contribution in [3.8, 4) is 5.69 Å². The largest absolute Gasteiger partial charge is 0.395 e. The molecule has 2 N–H and O–H groups in total. The van der Waals surface area contributed by atoms with Crippen molar-refractivity contribution in [2.45, 2.75) is 0 Å². The topological polar surface area (TPSA) is 56.7 Å². The highest BCUT2D eigenvalue weighted by molar-refractivity contribution is 5.77. The summed E-state index contributed by atoms with van der Waals surface area (Å²) < 4.78 is 28.0. The van der Waals surface area contributed by atoms with Crippen LogP contribution in [-0.2, 0) is 0 Å². The Labute approximate surface area is 101 Å². The van der Waals surface area contributed by atoms with Gasteiger partial charge in [-0.1, -0.05) is 17.3 Å². The van der Waals surface area contributed by atoms with Crippen molar-refractivity contribution in [3.05, 3.63) is 48.0 Å². The second-order valence-electron chi connectivity index (χ2n) is 3.81. The Morgan fingerprint density at radius 3 is 2.72 bits per heavy atom. The molecule has 0 saturated heterocycles. The summed E-state index contributed by atoms with van der Waals surface area (Å²) in [6.07, 6.45) is 0. The van der Waals surface area contributed by atoms with Gasteiger partial charge in [-0.15, -0.1) is 5.10 Å². The van der Waals surface area contributed by atoms with Gasteiger partial charge in [0.05, 0.1) is 16.9 Å². The van der Waals surface area contributed by atoms with Crippen LogP contribution < -0.4 is 5.73 Å². The van der Waals surface area contributed by atoms with E-state index in [1.807, 2.05) is 0 Å². The minimum absolute atomic E-state index is 0.140. The molecular weight excluding hydrogens is 238 g/mol. The van der Waals surface area contributed by atoms with Crippen LogP contribution in [0.3, 0.4) is 0 Å². The number of para-hydroxylation sites is 1. The zero-order valence-corrected chi connectivity index (χ0v) is 9.14. The second-order valence-corrected chi connectivity index (χ2v) is 3.81. The molecule has 0 fully saturated rings. The molecule has 3 aromatic rings. The van der Waals surface area contributed by atoms with E-state index >= 15 is 0 Å². The Balaban J connectivity index is 2.33. The van der Waals surface area contributed by atoms with Crippen LogP contribution in [0.25, 0.3) is 16.7 Å². The van der Waals surface area contributed by atoms with Gasteiger partial charge in [0.25, 0.3) is 0 Å². The molecule has 6 heteroatoms. The van der Waals surface area contributed by atoms with Crippen LogP contribution in [0.1, 0.15) is 0 Å². The first-order valence-electron chi connectivity index (χ1n) is 5.22. The third-order valence-corrected chi connectivity index (χ3v) is 2.65. The number of fused-ring (bicyclic) bond motifs is 1. The van der Waals surface area contributed by atoms with Gasteiger partial charge in [-0.2, -0.15) is 0 Å². The highest BCUT2D eigenvalue weighted by Crippen LogP contribution is 2.24. The first kappa shape index (κ1) is 10.6. The lowest BCUT2D eigenvalue weighted by atomic mass is 10.2. The quantitative estimate of drug-likeness (QED) is 0.670. The van der Waals surface area contributed by atoms with Crippen LogP contribution in [0.5, 0.6) is 0 Å². The van der Waals surface area contributed by atoms with Gasteiger partial charge in [0.15, 0.2) is 5.82 Å². The van der Waals surface area contributed by atoms with Crippen molar-refractivity contribution in [2.24, 2.45) is 0 Å². The van der Waals surface area contributed by atoms with Crippen LogP contribution in [-0.4, -0.2) is 15.0 Å². The first-order chi connectivity index (χ1) is 8.66. The van der Waals surface area contributed by atoms with Gasteiger partial charge in [0.2, 0.25) is 0 Å². The van der Waals surface area contributed by atoms with Gasteiger partial charge in [0.1, 0.15) is 11.3 Å². The fourth-order valence-electron chi connectivity index (χ4n) is 1.79. The molecule has 0 unspecified atom stereocenters. The number of nitrogens with zero attached hydrogens (tertiary/aromatic N) is 3. The summed E-state index contributed by atoms with van der Waals surface area (Å²) in [4.78, 5) is 0. The molecule has 0 amide bonds. The van der Waals surface area contributed by atoms with Crippen molar-refractivity contribution >= 4 is 16.7 Å². The summed E-state index contributed by atoms with van der Waals surface area (Å²) in [6, 6.07) is 8.95. The Kier molecular flexibility index (Phi) is 2.22. The molecule has 2 aromatic carbocycles. The van der Waals surface area contributed by atoms with Crippen molar-refractivity contribution in [1.82, 2.24) is 15.0 Å². The van der Waals surface area contributed by atoms with E-state index in [4.69, 9.17) is 5.73 Å². The molecule has 0 aliphatic carbocycles. The lowest BCUT2D eigenvalue weighted by molar-refractivity contribution is 0.583. The Morgan fingerprint density at radius 1 is 1.11 bits per heavy atom. The van der Waals surface area contributed by atoms with Crippen LogP contribution >= 0.6 is 0 Å². The van der Waals surface area contributed by atoms with E-state index in [-0.39, 0.29) is 11.4 Å². The molecule has 0 atom stereocenters. The van der Waals surface area contributed by atoms with Gasteiger partial charge >= 0.3 is 0 Å². The molecule has 0 saturated carbocycles. The molecular formula is C12H8F2N4. The zero-order valence-electron chi connectivity index (χ0n) is 9.14. The molecule has 0 bridgehead atoms.